The Balaban J connectivity index is 2.17. The molecule has 1 heterocycles. The van der Waals surface area contributed by atoms with E-state index in [9.17, 15) is 10.1 Å². The second-order valence-corrected chi connectivity index (χ2v) is 5.46. The first-order valence-electron chi connectivity index (χ1n) is 7.00. The number of benzene rings is 1. The van der Waals surface area contributed by atoms with E-state index in [1.807, 2.05) is 13.8 Å². The standard InChI is InChI=1S/C16H18N4O2/c1-10(2)5-14(18)16(21)20-12-3-4-13(11(6-12)7-17)15-8-19-9-22-15/h3-4,6,8-10,14H,5,18H2,1-2H3,(H,20,21). The van der Waals surface area contributed by atoms with Gasteiger partial charge in [0.2, 0.25) is 5.91 Å². The first-order chi connectivity index (χ1) is 10.5. The minimum absolute atomic E-state index is 0.259. The molecule has 0 saturated heterocycles. The number of rotatable bonds is 5. The number of nitrogens with two attached hydrogens (primary N) is 1. The summed E-state index contributed by atoms with van der Waals surface area (Å²) in [5, 5.41) is 12.0. The zero-order valence-electron chi connectivity index (χ0n) is 12.5. The third-order valence-corrected chi connectivity index (χ3v) is 3.17. The van der Waals surface area contributed by atoms with Crippen LogP contribution in [-0.4, -0.2) is 16.9 Å². The SMILES string of the molecule is CC(C)CC(N)C(=O)Nc1ccc(-c2cnco2)c(C#N)c1. The zero-order chi connectivity index (χ0) is 16.1. The lowest BCUT2D eigenvalue weighted by Gasteiger charge is -2.14. The van der Waals surface area contributed by atoms with Crippen LogP contribution in [0.2, 0.25) is 0 Å². The summed E-state index contributed by atoms with van der Waals surface area (Å²) in [5.74, 6) is 0.584. The largest absolute Gasteiger partial charge is 0.443 e. The van der Waals surface area contributed by atoms with Gasteiger partial charge in [-0.25, -0.2) is 4.98 Å². The minimum Gasteiger partial charge on any atom is -0.443 e. The smallest absolute Gasteiger partial charge is 0.241 e. The van der Waals surface area contributed by atoms with E-state index in [0.717, 1.165) is 0 Å². The van der Waals surface area contributed by atoms with Gasteiger partial charge < -0.3 is 15.5 Å². The summed E-state index contributed by atoms with van der Waals surface area (Å²) in [4.78, 5) is 15.8. The molecule has 0 aliphatic rings. The average Bonchev–Trinajstić information content (AvgIpc) is 3.00. The Morgan fingerprint density at radius 2 is 2.27 bits per heavy atom. The highest BCUT2D eigenvalue weighted by atomic mass is 16.3. The lowest BCUT2D eigenvalue weighted by molar-refractivity contribution is -0.117. The molecule has 0 aliphatic carbocycles. The molecule has 0 saturated carbocycles. The molecule has 2 aromatic rings. The predicted molar refractivity (Wildman–Crippen MR) is 82.7 cm³/mol. The van der Waals surface area contributed by atoms with Crippen molar-refractivity contribution in [3.05, 3.63) is 36.4 Å². The molecular weight excluding hydrogens is 280 g/mol. The summed E-state index contributed by atoms with van der Waals surface area (Å²) < 4.78 is 5.20. The maximum atomic E-state index is 12.0. The summed E-state index contributed by atoms with van der Waals surface area (Å²) in [6, 6.07) is 6.53. The highest BCUT2D eigenvalue weighted by Gasteiger charge is 2.16. The summed E-state index contributed by atoms with van der Waals surface area (Å²) in [6.45, 7) is 4.01. The summed E-state index contributed by atoms with van der Waals surface area (Å²) in [6.07, 6.45) is 3.44. The second kappa shape index (κ2) is 6.87. The van der Waals surface area contributed by atoms with E-state index in [1.54, 1.807) is 18.2 Å². The van der Waals surface area contributed by atoms with Crippen LogP contribution in [0.5, 0.6) is 0 Å². The number of oxazole rings is 1. The molecule has 6 nitrogen and oxygen atoms in total. The molecule has 1 atom stereocenters. The molecule has 1 unspecified atom stereocenters. The third-order valence-electron chi connectivity index (χ3n) is 3.17. The zero-order valence-corrected chi connectivity index (χ0v) is 12.5. The summed E-state index contributed by atoms with van der Waals surface area (Å²) in [5.41, 5.74) is 7.40. The summed E-state index contributed by atoms with van der Waals surface area (Å²) >= 11 is 0. The molecule has 3 N–H and O–H groups in total. The topological polar surface area (TPSA) is 105 Å². The van der Waals surface area contributed by atoms with Crippen LogP contribution in [0.3, 0.4) is 0 Å². The molecule has 0 spiro atoms. The maximum absolute atomic E-state index is 12.0. The molecule has 114 valence electrons. The molecule has 6 heteroatoms. The molecule has 0 aliphatic heterocycles. The lowest BCUT2D eigenvalue weighted by Crippen LogP contribution is -2.36. The fourth-order valence-corrected chi connectivity index (χ4v) is 2.13. The fraction of sp³-hybridized carbons (Fsp3) is 0.312. The normalized spacial score (nSPS) is 12.0. The number of anilines is 1. The highest BCUT2D eigenvalue weighted by molar-refractivity contribution is 5.95. The quantitative estimate of drug-likeness (QED) is 0.882. The van der Waals surface area contributed by atoms with Crippen molar-refractivity contribution >= 4 is 11.6 Å². The predicted octanol–water partition coefficient (Wildman–Crippen LogP) is 2.53. The fourth-order valence-electron chi connectivity index (χ4n) is 2.13. The molecule has 1 aromatic carbocycles. The van der Waals surface area contributed by atoms with Crippen molar-refractivity contribution in [2.24, 2.45) is 11.7 Å². The average molecular weight is 298 g/mol. The molecule has 1 aromatic heterocycles. The minimum atomic E-state index is -0.570. The lowest BCUT2D eigenvalue weighted by atomic mass is 10.0. The van der Waals surface area contributed by atoms with Gasteiger partial charge in [0.15, 0.2) is 12.2 Å². The number of hydrogen-bond donors (Lipinski definition) is 2. The van der Waals surface area contributed by atoms with Crippen molar-refractivity contribution in [2.45, 2.75) is 26.3 Å². The van der Waals surface area contributed by atoms with E-state index in [2.05, 4.69) is 16.4 Å². The van der Waals surface area contributed by atoms with Gasteiger partial charge in [0.1, 0.15) is 0 Å². The Kier molecular flexibility index (Phi) is 4.92. The van der Waals surface area contributed by atoms with Crippen molar-refractivity contribution in [2.75, 3.05) is 5.32 Å². The van der Waals surface area contributed by atoms with Crippen LogP contribution in [-0.2, 0) is 4.79 Å². The van der Waals surface area contributed by atoms with E-state index in [4.69, 9.17) is 10.2 Å². The van der Waals surface area contributed by atoms with Crippen LogP contribution in [0.15, 0.2) is 35.2 Å². The number of hydrogen-bond acceptors (Lipinski definition) is 5. The number of nitrogens with zero attached hydrogens (tertiary/aromatic N) is 2. The van der Waals surface area contributed by atoms with Gasteiger partial charge in [-0.05, 0) is 30.5 Å². The third kappa shape index (κ3) is 3.71. The van der Waals surface area contributed by atoms with Gasteiger partial charge in [0.25, 0.3) is 0 Å². The van der Waals surface area contributed by atoms with Crippen LogP contribution in [0, 0.1) is 17.2 Å². The molecule has 2 rings (SSSR count). The van der Waals surface area contributed by atoms with Gasteiger partial charge in [-0.3, -0.25) is 4.79 Å². The van der Waals surface area contributed by atoms with Gasteiger partial charge in [-0.1, -0.05) is 13.8 Å². The Labute approximate surface area is 129 Å². The Bertz CT molecular complexity index is 687. The van der Waals surface area contributed by atoms with E-state index >= 15 is 0 Å². The highest BCUT2D eigenvalue weighted by Crippen LogP contribution is 2.25. The molecule has 0 bridgehead atoms. The van der Waals surface area contributed by atoms with Crippen LogP contribution in [0.1, 0.15) is 25.8 Å². The first kappa shape index (κ1) is 15.7. The van der Waals surface area contributed by atoms with Gasteiger partial charge in [0, 0.05) is 11.3 Å². The Hall–Kier alpha value is -2.65. The number of nitrogens with one attached hydrogen (secondary N) is 1. The van der Waals surface area contributed by atoms with Crippen LogP contribution in [0.25, 0.3) is 11.3 Å². The second-order valence-electron chi connectivity index (χ2n) is 5.46. The first-order valence-corrected chi connectivity index (χ1v) is 7.00. The number of amides is 1. The molecule has 1 amide bonds. The van der Waals surface area contributed by atoms with Crippen molar-refractivity contribution < 1.29 is 9.21 Å². The van der Waals surface area contributed by atoms with Crippen LogP contribution in [0.4, 0.5) is 5.69 Å². The van der Waals surface area contributed by atoms with Gasteiger partial charge in [-0.2, -0.15) is 5.26 Å². The van der Waals surface area contributed by atoms with Gasteiger partial charge in [0.05, 0.1) is 23.9 Å². The van der Waals surface area contributed by atoms with E-state index in [-0.39, 0.29) is 5.91 Å². The maximum Gasteiger partial charge on any atom is 0.241 e. The number of carbonyl (C=O) groups is 1. The number of carbonyl (C=O) groups excluding carboxylic acids is 1. The summed E-state index contributed by atoms with van der Waals surface area (Å²) in [7, 11) is 0. The van der Waals surface area contributed by atoms with Crippen molar-refractivity contribution in [1.29, 1.82) is 5.26 Å². The van der Waals surface area contributed by atoms with Crippen LogP contribution < -0.4 is 11.1 Å². The van der Waals surface area contributed by atoms with Crippen molar-refractivity contribution in [3.8, 4) is 17.4 Å². The van der Waals surface area contributed by atoms with Crippen LogP contribution >= 0.6 is 0 Å². The van der Waals surface area contributed by atoms with Crippen molar-refractivity contribution in [1.82, 2.24) is 4.98 Å². The van der Waals surface area contributed by atoms with E-state index in [1.165, 1.54) is 12.6 Å². The molecule has 0 radical (unpaired) electrons. The van der Waals surface area contributed by atoms with E-state index < -0.39 is 6.04 Å². The number of nitriles is 1. The molecular formula is C16H18N4O2. The monoisotopic (exact) mass is 298 g/mol. The van der Waals surface area contributed by atoms with Gasteiger partial charge in [-0.15, -0.1) is 0 Å². The molecule has 22 heavy (non-hydrogen) atoms. The van der Waals surface area contributed by atoms with Gasteiger partial charge >= 0.3 is 0 Å². The Morgan fingerprint density at radius 3 is 2.86 bits per heavy atom. The molecule has 0 fully saturated rings. The number of aromatic nitrogens is 1. The Morgan fingerprint density at radius 1 is 1.50 bits per heavy atom. The van der Waals surface area contributed by atoms with Crippen molar-refractivity contribution in [3.63, 3.8) is 0 Å². The van der Waals surface area contributed by atoms with E-state index in [0.29, 0.717) is 34.9 Å².